The Morgan fingerprint density at radius 3 is 2.57 bits per heavy atom. The van der Waals surface area contributed by atoms with Crippen molar-refractivity contribution < 1.29 is 19.1 Å². The molecular formula is C19H18N4O4S. The predicted molar refractivity (Wildman–Crippen MR) is 105 cm³/mol. The van der Waals surface area contributed by atoms with E-state index < -0.39 is 5.97 Å². The first kappa shape index (κ1) is 19.4. The monoisotopic (exact) mass is 398 g/mol. The average molecular weight is 398 g/mol. The molecule has 3 aromatic rings. The van der Waals surface area contributed by atoms with Crippen LogP contribution in [0.1, 0.15) is 10.4 Å². The van der Waals surface area contributed by atoms with Crippen molar-refractivity contribution in [3.8, 4) is 11.4 Å². The number of para-hydroxylation sites is 2. The minimum Gasteiger partial charge on any atom is -0.495 e. The Morgan fingerprint density at radius 1 is 1.11 bits per heavy atom. The van der Waals surface area contributed by atoms with E-state index in [9.17, 15) is 9.59 Å². The maximum atomic E-state index is 12.2. The van der Waals surface area contributed by atoms with Gasteiger partial charge in [0.05, 0.1) is 31.2 Å². The summed E-state index contributed by atoms with van der Waals surface area (Å²) in [5.74, 6) is 0.195. The van der Waals surface area contributed by atoms with Crippen molar-refractivity contribution in [3.05, 3.63) is 60.4 Å². The number of ether oxygens (including phenoxy) is 2. The van der Waals surface area contributed by atoms with Crippen LogP contribution in [0.2, 0.25) is 0 Å². The van der Waals surface area contributed by atoms with Crippen LogP contribution in [-0.2, 0) is 9.53 Å². The van der Waals surface area contributed by atoms with Crippen LogP contribution in [0, 0.1) is 0 Å². The molecule has 0 saturated carbocycles. The SMILES string of the molecule is COC(=O)c1ccc(NC(=O)CSc2nncn2-c2ccccc2OC)cc1. The molecule has 9 heteroatoms. The number of thioether (sulfide) groups is 1. The minimum absolute atomic E-state index is 0.145. The third-order valence-electron chi connectivity index (χ3n) is 3.78. The van der Waals surface area contributed by atoms with Gasteiger partial charge >= 0.3 is 5.97 Å². The Morgan fingerprint density at radius 2 is 1.86 bits per heavy atom. The molecule has 1 amide bonds. The number of aromatic nitrogens is 3. The van der Waals surface area contributed by atoms with Gasteiger partial charge in [-0.1, -0.05) is 23.9 Å². The van der Waals surface area contributed by atoms with Gasteiger partial charge in [0.2, 0.25) is 5.91 Å². The second-order valence-electron chi connectivity index (χ2n) is 5.56. The topological polar surface area (TPSA) is 95.3 Å². The maximum Gasteiger partial charge on any atom is 0.337 e. The molecule has 2 aromatic carbocycles. The standard InChI is InChI=1S/C19H18N4O4S/c1-26-16-6-4-3-5-15(16)23-12-20-22-19(23)28-11-17(24)21-14-9-7-13(8-10-14)18(25)27-2/h3-10,12H,11H2,1-2H3,(H,21,24). The summed E-state index contributed by atoms with van der Waals surface area (Å²) in [6.07, 6.45) is 1.57. The van der Waals surface area contributed by atoms with Crippen molar-refractivity contribution in [2.45, 2.75) is 5.16 Å². The van der Waals surface area contributed by atoms with Crippen LogP contribution in [-0.4, -0.2) is 46.6 Å². The number of rotatable bonds is 7. The molecule has 0 unspecified atom stereocenters. The number of hydrogen-bond donors (Lipinski definition) is 1. The van der Waals surface area contributed by atoms with E-state index >= 15 is 0 Å². The molecular weight excluding hydrogens is 380 g/mol. The average Bonchev–Trinajstić information content (AvgIpc) is 3.20. The van der Waals surface area contributed by atoms with E-state index in [-0.39, 0.29) is 11.7 Å². The molecule has 0 aliphatic carbocycles. The summed E-state index contributed by atoms with van der Waals surface area (Å²) in [6.45, 7) is 0. The van der Waals surface area contributed by atoms with Gasteiger partial charge < -0.3 is 14.8 Å². The summed E-state index contributed by atoms with van der Waals surface area (Å²) in [5.41, 5.74) is 1.79. The zero-order valence-electron chi connectivity index (χ0n) is 15.3. The van der Waals surface area contributed by atoms with Crippen molar-refractivity contribution in [2.75, 3.05) is 25.3 Å². The zero-order valence-corrected chi connectivity index (χ0v) is 16.1. The molecule has 0 saturated heterocycles. The highest BCUT2D eigenvalue weighted by molar-refractivity contribution is 7.99. The molecule has 28 heavy (non-hydrogen) atoms. The van der Waals surface area contributed by atoms with Gasteiger partial charge in [-0.2, -0.15) is 0 Å². The molecule has 1 N–H and O–H groups in total. The highest BCUT2D eigenvalue weighted by Crippen LogP contribution is 2.26. The lowest BCUT2D eigenvalue weighted by atomic mass is 10.2. The van der Waals surface area contributed by atoms with E-state index in [0.717, 1.165) is 5.69 Å². The second kappa shape index (κ2) is 9.05. The highest BCUT2D eigenvalue weighted by Gasteiger charge is 2.13. The van der Waals surface area contributed by atoms with Crippen LogP contribution in [0.25, 0.3) is 5.69 Å². The van der Waals surface area contributed by atoms with Gasteiger partial charge in [0.15, 0.2) is 5.16 Å². The fourth-order valence-corrected chi connectivity index (χ4v) is 3.17. The quantitative estimate of drug-likeness (QED) is 0.483. The molecule has 1 heterocycles. The van der Waals surface area contributed by atoms with Crippen LogP contribution in [0.4, 0.5) is 5.69 Å². The number of hydrogen-bond acceptors (Lipinski definition) is 7. The van der Waals surface area contributed by atoms with Crippen LogP contribution < -0.4 is 10.1 Å². The molecule has 0 radical (unpaired) electrons. The van der Waals surface area contributed by atoms with Crippen LogP contribution in [0.5, 0.6) is 5.75 Å². The molecule has 144 valence electrons. The first-order valence-electron chi connectivity index (χ1n) is 8.27. The van der Waals surface area contributed by atoms with Gasteiger partial charge in [-0.25, -0.2) is 4.79 Å². The van der Waals surface area contributed by atoms with E-state index in [1.807, 2.05) is 24.3 Å². The third kappa shape index (κ3) is 4.49. The van der Waals surface area contributed by atoms with Crippen LogP contribution >= 0.6 is 11.8 Å². The maximum absolute atomic E-state index is 12.2. The third-order valence-corrected chi connectivity index (χ3v) is 4.73. The van der Waals surface area contributed by atoms with Gasteiger partial charge in [0.1, 0.15) is 12.1 Å². The number of benzene rings is 2. The lowest BCUT2D eigenvalue weighted by Crippen LogP contribution is -2.14. The summed E-state index contributed by atoms with van der Waals surface area (Å²) >= 11 is 1.25. The lowest BCUT2D eigenvalue weighted by molar-refractivity contribution is -0.113. The smallest absolute Gasteiger partial charge is 0.337 e. The number of nitrogens with one attached hydrogen (secondary N) is 1. The summed E-state index contributed by atoms with van der Waals surface area (Å²) < 4.78 is 11.8. The molecule has 0 aliphatic rings. The van der Waals surface area contributed by atoms with Crippen molar-refractivity contribution in [3.63, 3.8) is 0 Å². The van der Waals surface area contributed by atoms with Crippen LogP contribution in [0.15, 0.2) is 60.0 Å². The number of methoxy groups -OCH3 is 2. The molecule has 0 bridgehead atoms. The second-order valence-corrected chi connectivity index (χ2v) is 6.50. The van der Waals surface area contributed by atoms with Crippen molar-refractivity contribution in [2.24, 2.45) is 0 Å². The number of carbonyl (C=O) groups excluding carboxylic acids is 2. The largest absolute Gasteiger partial charge is 0.495 e. The summed E-state index contributed by atoms with van der Waals surface area (Å²) in [7, 11) is 2.91. The molecule has 0 fully saturated rings. The van der Waals surface area contributed by atoms with Gasteiger partial charge in [0, 0.05) is 5.69 Å². The summed E-state index contributed by atoms with van der Waals surface area (Å²) in [6, 6.07) is 14.0. The fourth-order valence-electron chi connectivity index (χ4n) is 2.45. The number of amides is 1. The van der Waals surface area contributed by atoms with E-state index in [1.54, 1.807) is 42.3 Å². The van der Waals surface area contributed by atoms with Crippen LogP contribution in [0.3, 0.4) is 0 Å². The lowest BCUT2D eigenvalue weighted by Gasteiger charge is -2.10. The Balaban J connectivity index is 1.63. The molecule has 0 aliphatic heterocycles. The normalized spacial score (nSPS) is 10.4. The van der Waals surface area contributed by atoms with E-state index in [0.29, 0.717) is 22.2 Å². The van der Waals surface area contributed by atoms with Crippen molar-refractivity contribution >= 4 is 29.3 Å². The van der Waals surface area contributed by atoms with Gasteiger partial charge in [0.25, 0.3) is 0 Å². The molecule has 1 aromatic heterocycles. The first-order valence-corrected chi connectivity index (χ1v) is 9.25. The Labute approximate surface area is 165 Å². The number of nitrogens with zero attached hydrogens (tertiary/aromatic N) is 3. The number of anilines is 1. The van der Waals surface area contributed by atoms with Crippen molar-refractivity contribution in [1.29, 1.82) is 0 Å². The zero-order chi connectivity index (χ0) is 19.9. The summed E-state index contributed by atoms with van der Waals surface area (Å²) in [5, 5.41) is 11.4. The van der Waals surface area contributed by atoms with E-state index in [4.69, 9.17) is 4.74 Å². The van der Waals surface area contributed by atoms with E-state index in [2.05, 4.69) is 20.3 Å². The summed E-state index contributed by atoms with van der Waals surface area (Å²) in [4.78, 5) is 23.7. The fraction of sp³-hybridized carbons (Fsp3) is 0.158. The first-order chi connectivity index (χ1) is 13.6. The Kier molecular flexibility index (Phi) is 6.28. The molecule has 3 rings (SSSR count). The van der Waals surface area contributed by atoms with Gasteiger partial charge in [-0.05, 0) is 36.4 Å². The minimum atomic E-state index is -0.427. The molecule has 0 atom stereocenters. The highest BCUT2D eigenvalue weighted by atomic mass is 32.2. The number of carbonyl (C=O) groups is 2. The Hall–Kier alpha value is -3.33. The van der Waals surface area contributed by atoms with Gasteiger partial charge in [-0.3, -0.25) is 9.36 Å². The van der Waals surface area contributed by atoms with E-state index in [1.165, 1.54) is 18.9 Å². The van der Waals surface area contributed by atoms with Crippen molar-refractivity contribution in [1.82, 2.24) is 14.8 Å². The van der Waals surface area contributed by atoms with Gasteiger partial charge in [-0.15, -0.1) is 10.2 Å². The predicted octanol–water partition coefficient (Wildman–Crippen LogP) is 2.79. The number of esters is 1. The molecule has 0 spiro atoms. The molecule has 8 nitrogen and oxygen atoms in total. The Bertz CT molecular complexity index is 972.